The number of hydrogen-bond acceptors (Lipinski definition) is 4. The first-order valence-corrected chi connectivity index (χ1v) is 13.3. The summed E-state index contributed by atoms with van der Waals surface area (Å²) < 4.78 is 2.18. The van der Waals surface area contributed by atoms with E-state index in [0.29, 0.717) is 22.7 Å². The first kappa shape index (κ1) is 27.6. The van der Waals surface area contributed by atoms with Gasteiger partial charge in [0, 0.05) is 48.9 Å². The Kier molecular flexibility index (Phi) is 10.8. The molecular weight excluding hydrogens is 467 g/mol. The number of amides is 2. The van der Waals surface area contributed by atoms with Crippen molar-refractivity contribution in [2.75, 3.05) is 26.3 Å². The van der Waals surface area contributed by atoms with Gasteiger partial charge < -0.3 is 10.6 Å². The number of hydrogen-bond donors (Lipinski definition) is 3. The Morgan fingerprint density at radius 2 is 1.91 bits per heavy atom. The van der Waals surface area contributed by atoms with Crippen molar-refractivity contribution in [3.05, 3.63) is 69.2 Å². The molecule has 0 aliphatic carbocycles. The highest BCUT2D eigenvalue weighted by atomic mass is 35.5. The number of halogens is 1. The van der Waals surface area contributed by atoms with Gasteiger partial charge in [0.15, 0.2) is 0 Å². The smallest absolute Gasteiger partial charge is 0.251 e. The first-order valence-electron chi connectivity index (χ1n) is 11.4. The predicted molar refractivity (Wildman–Crippen MR) is 143 cm³/mol. The van der Waals surface area contributed by atoms with E-state index in [9.17, 15) is 9.59 Å². The lowest BCUT2D eigenvalue weighted by Crippen LogP contribution is -2.33. The number of nitrogens with one attached hydrogen (secondary N) is 3. The van der Waals surface area contributed by atoms with Gasteiger partial charge in [0.05, 0.1) is 0 Å². The first-order chi connectivity index (χ1) is 16.2. The lowest BCUT2D eigenvalue weighted by molar-refractivity contribution is -0.119. The molecule has 0 fully saturated rings. The summed E-state index contributed by atoms with van der Waals surface area (Å²) in [5.74, 6) is -0.256. The van der Waals surface area contributed by atoms with Crippen molar-refractivity contribution in [1.82, 2.24) is 15.3 Å². The maximum atomic E-state index is 12.5. The Hall–Kier alpha value is -2.62. The number of benzene rings is 2. The van der Waals surface area contributed by atoms with E-state index in [1.807, 2.05) is 32.0 Å². The summed E-state index contributed by atoms with van der Waals surface area (Å²) in [5, 5.41) is 14.1. The molecule has 8 heteroatoms. The van der Waals surface area contributed by atoms with E-state index >= 15 is 0 Å². The number of carbonyl (C=O) groups is 2. The maximum absolute atomic E-state index is 12.5. The zero-order valence-corrected chi connectivity index (χ0v) is 22.0. The molecule has 0 bridgehead atoms. The van der Waals surface area contributed by atoms with E-state index in [1.165, 1.54) is 5.56 Å². The average Bonchev–Trinajstić information content (AvgIpc) is 2.81. The van der Waals surface area contributed by atoms with Gasteiger partial charge in [-0.1, -0.05) is 36.7 Å². The number of rotatable bonds is 9. The molecule has 182 valence electrons. The standard InChI is InChI=1S/C26H34ClN4O2P/c1-6-14-31(15-12-24(32)30-25(28)22-8-7-9-23(27)19(22)3)34(5)16-13-20-10-11-21(17-18(20)2)26(33)29-4/h5,7-11,17H,6,12-16H2,1-4H3,(H,29,33)(H2,28,30,32). The zero-order chi connectivity index (χ0) is 25.3. The van der Waals surface area contributed by atoms with Gasteiger partial charge in [-0.3, -0.25) is 19.7 Å². The summed E-state index contributed by atoms with van der Waals surface area (Å²) >= 11 is 6.13. The predicted octanol–water partition coefficient (Wildman–Crippen LogP) is 5.09. The third-order valence-corrected chi connectivity index (χ3v) is 7.90. The molecule has 0 saturated carbocycles. The molecule has 1 atom stereocenters. The minimum atomic E-state index is -0.910. The second kappa shape index (κ2) is 13.3. The van der Waals surface area contributed by atoms with Crippen LogP contribution in [0.15, 0.2) is 36.4 Å². The van der Waals surface area contributed by atoms with E-state index in [-0.39, 0.29) is 24.1 Å². The molecule has 0 aliphatic rings. The molecule has 3 N–H and O–H groups in total. The van der Waals surface area contributed by atoms with Crippen LogP contribution in [0.25, 0.3) is 0 Å². The molecule has 0 heterocycles. The van der Waals surface area contributed by atoms with Gasteiger partial charge in [0.2, 0.25) is 5.91 Å². The van der Waals surface area contributed by atoms with E-state index < -0.39 is 7.53 Å². The fourth-order valence-corrected chi connectivity index (χ4v) is 5.38. The summed E-state index contributed by atoms with van der Waals surface area (Å²) in [6.07, 6.45) is 9.37. The molecule has 0 radical (unpaired) electrons. The summed E-state index contributed by atoms with van der Waals surface area (Å²) in [7, 11) is 0.712. The minimum absolute atomic E-state index is 0.0535. The van der Waals surface area contributed by atoms with E-state index in [0.717, 1.165) is 36.7 Å². The van der Waals surface area contributed by atoms with Crippen LogP contribution in [0.5, 0.6) is 0 Å². The van der Waals surface area contributed by atoms with Gasteiger partial charge in [-0.05, 0) is 69.1 Å². The fraction of sp³-hybridized carbons (Fsp3) is 0.385. The lowest BCUT2D eigenvalue weighted by atomic mass is 10.0. The van der Waals surface area contributed by atoms with Gasteiger partial charge in [0.1, 0.15) is 5.84 Å². The van der Waals surface area contributed by atoms with Crippen LogP contribution in [0.4, 0.5) is 0 Å². The second-order valence-electron chi connectivity index (χ2n) is 8.17. The summed E-state index contributed by atoms with van der Waals surface area (Å²) in [5.41, 5.74) is 4.28. The molecular formula is C26H34ClN4O2P. The number of amidine groups is 1. The Morgan fingerprint density at radius 1 is 1.18 bits per heavy atom. The third kappa shape index (κ3) is 7.72. The molecule has 2 rings (SSSR count). The van der Waals surface area contributed by atoms with Crippen LogP contribution in [0, 0.1) is 25.4 Å². The molecule has 2 aromatic rings. The highest BCUT2D eigenvalue weighted by molar-refractivity contribution is 7.43. The van der Waals surface area contributed by atoms with Gasteiger partial charge >= 0.3 is 0 Å². The van der Waals surface area contributed by atoms with Gasteiger partial charge in [-0.25, -0.2) is 0 Å². The van der Waals surface area contributed by atoms with Crippen LogP contribution in [0.1, 0.15) is 52.4 Å². The van der Waals surface area contributed by atoms with Crippen LogP contribution < -0.4 is 10.6 Å². The summed E-state index contributed by atoms with van der Waals surface area (Å²) in [6.45, 7) is 7.28. The topological polar surface area (TPSA) is 85.3 Å². The van der Waals surface area contributed by atoms with Crippen LogP contribution >= 0.6 is 19.1 Å². The van der Waals surface area contributed by atoms with Crippen molar-refractivity contribution < 1.29 is 9.59 Å². The Morgan fingerprint density at radius 3 is 2.56 bits per heavy atom. The maximum Gasteiger partial charge on any atom is 0.251 e. The second-order valence-corrected chi connectivity index (χ2v) is 10.5. The summed E-state index contributed by atoms with van der Waals surface area (Å²) in [4.78, 5) is 24.3. The van der Waals surface area contributed by atoms with Crippen molar-refractivity contribution in [1.29, 1.82) is 5.41 Å². The highest BCUT2D eigenvalue weighted by Gasteiger charge is 2.14. The number of nitrogens with zero attached hydrogens (tertiary/aromatic N) is 1. The Bertz CT molecular complexity index is 1120. The van der Waals surface area contributed by atoms with Crippen LogP contribution in [0.3, 0.4) is 0 Å². The molecule has 0 aromatic heterocycles. The minimum Gasteiger partial charge on any atom is -0.355 e. The molecule has 1 unspecified atom stereocenters. The van der Waals surface area contributed by atoms with E-state index in [1.54, 1.807) is 25.2 Å². The molecule has 6 nitrogen and oxygen atoms in total. The van der Waals surface area contributed by atoms with Crippen molar-refractivity contribution in [3.8, 4) is 6.13 Å². The summed E-state index contributed by atoms with van der Waals surface area (Å²) in [6, 6.07) is 11.0. The molecule has 2 aromatic carbocycles. The normalized spacial score (nSPS) is 11.3. The van der Waals surface area contributed by atoms with Crippen LogP contribution in [-0.4, -0.2) is 48.6 Å². The molecule has 0 aliphatic heterocycles. The SMILES string of the molecule is C#P(CCc1ccc(C(=O)NC)cc1C)N(CCC)CCC(=O)NC(=N)c1cccc(Cl)c1C. The van der Waals surface area contributed by atoms with Crippen LogP contribution in [-0.2, 0) is 11.2 Å². The van der Waals surface area contributed by atoms with E-state index in [2.05, 4.69) is 22.2 Å². The molecule has 0 saturated heterocycles. The zero-order valence-electron chi connectivity index (χ0n) is 20.4. The van der Waals surface area contributed by atoms with Crippen molar-refractivity contribution >= 4 is 36.8 Å². The van der Waals surface area contributed by atoms with Crippen molar-refractivity contribution in [2.45, 2.75) is 40.0 Å². The third-order valence-electron chi connectivity index (χ3n) is 5.69. The van der Waals surface area contributed by atoms with Gasteiger partial charge in [0.25, 0.3) is 5.91 Å². The van der Waals surface area contributed by atoms with E-state index in [4.69, 9.17) is 23.1 Å². The monoisotopic (exact) mass is 500 g/mol. The van der Waals surface area contributed by atoms with Gasteiger partial charge in [-0.15, -0.1) is 6.13 Å². The quantitative estimate of drug-likeness (QED) is 0.255. The Labute approximate surface area is 208 Å². The fourth-order valence-electron chi connectivity index (χ4n) is 3.64. The largest absolute Gasteiger partial charge is 0.355 e. The van der Waals surface area contributed by atoms with Crippen LogP contribution in [0.2, 0.25) is 5.02 Å². The average molecular weight is 501 g/mol. The molecule has 0 spiro atoms. The number of carbonyl (C=O) groups excluding carboxylic acids is 2. The lowest BCUT2D eigenvalue weighted by Gasteiger charge is -2.22. The number of aryl methyl sites for hydroxylation is 2. The van der Waals surface area contributed by atoms with Crippen molar-refractivity contribution in [2.24, 2.45) is 0 Å². The Balaban J connectivity index is 1.92. The highest BCUT2D eigenvalue weighted by Crippen LogP contribution is 2.27. The molecule has 2 amide bonds. The molecule has 34 heavy (non-hydrogen) atoms. The van der Waals surface area contributed by atoms with Crippen molar-refractivity contribution in [3.63, 3.8) is 0 Å². The van der Waals surface area contributed by atoms with Gasteiger partial charge in [-0.2, -0.15) is 0 Å².